The van der Waals surface area contributed by atoms with Crippen LogP contribution in [0.4, 0.5) is 5.69 Å². The summed E-state index contributed by atoms with van der Waals surface area (Å²) in [5, 5.41) is 11.3. The Kier molecular flexibility index (Phi) is 4.44. The zero-order valence-corrected chi connectivity index (χ0v) is 11.7. The fourth-order valence-electron chi connectivity index (χ4n) is 1.61. The van der Waals surface area contributed by atoms with E-state index in [0.29, 0.717) is 22.1 Å². The first-order chi connectivity index (χ1) is 9.51. The number of non-ortho nitro benzene ring substituents is 1. The van der Waals surface area contributed by atoms with E-state index >= 15 is 0 Å². The Morgan fingerprint density at radius 2 is 1.85 bits per heavy atom. The minimum Gasteiger partial charge on any atom is -0.455 e. The van der Waals surface area contributed by atoms with Crippen molar-refractivity contribution in [2.75, 3.05) is 0 Å². The van der Waals surface area contributed by atoms with Crippen molar-refractivity contribution in [3.05, 3.63) is 62.1 Å². The number of halogens is 2. The van der Waals surface area contributed by atoms with Gasteiger partial charge in [-0.15, -0.1) is 0 Å². The summed E-state index contributed by atoms with van der Waals surface area (Å²) < 4.78 is 5.63. The van der Waals surface area contributed by atoms with Crippen molar-refractivity contribution in [1.29, 1.82) is 0 Å². The van der Waals surface area contributed by atoms with Gasteiger partial charge in [0.1, 0.15) is 11.5 Å². The van der Waals surface area contributed by atoms with Crippen molar-refractivity contribution >= 4 is 28.9 Å². The standard InChI is InChI=1S/C13H10Cl2N2O3/c14-9-1-3-12(8(5-9)7-16)20-13-4-2-10(17(18)19)6-11(13)15/h1-6H,7,16H2. The first kappa shape index (κ1) is 14.6. The van der Waals surface area contributed by atoms with Gasteiger partial charge in [0.25, 0.3) is 5.69 Å². The van der Waals surface area contributed by atoms with Crippen molar-refractivity contribution in [3.63, 3.8) is 0 Å². The molecule has 2 aromatic rings. The minimum absolute atomic E-state index is 0.0995. The molecule has 0 spiro atoms. The van der Waals surface area contributed by atoms with Crippen molar-refractivity contribution in [3.8, 4) is 11.5 Å². The van der Waals surface area contributed by atoms with Crippen molar-refractivity contribution in [2.45, 2.75) is 6.54 Å². The van der Waals surface area contributed by atoms with E-state index in [1.54, 1.807) is 18.2 Å². The average molecular weight is 313 g/mol. The largest absolute Gasteiger partial charge is 0.455 e. The molecule has 0 atom stereocenters. The van der Waals surface area contributed by atoms with Crippen LogP contribution in [0.1, 0.15) is 5.56 Å². The van der Waals surface area contributed by atoms with E-state index < -0.39 is 4.92 Å². The van der Waals surface area contributed by atoms with Crippen LogP contribution in [0.3, 0.4) is 0 Å². The molecule has 2 rings (SSSR count). The smallest absolute Gasteiger partial charge is 0.271 e. The van der Waals surface area contributed by atoms with Crippen LogP contribution in [-0.4, -0.2) is 4.92 Å². The molecule has 0 aliphatic rings. The lowest BCUT2D eigenvalue weighted by Gasteiger charge is -2.11. The second kappa shape index (κ2) is 6.09. The monoisotopic (exact) mass is 312 g/mol. The zero-order valence-electron chi connectivity index (χ0n) is 10.2. The highest BCUT2D eigenvalue weighted by atomic mass is 35.5. The number of benzene rings is 2. The van der Waals surface area contributed by atoms with Gasteiger partial charge in [-0.05, 0) is 24.3 Å². The van der Waals surface area contributed by atoms with Gasteiger partial charge in [0, 0.05) is 29.3 Å². The maximum atomic E-state index is 10.6. The second-order valence-electron chi connectivity index (χ2n) is 3.93. The lowest BCUT2D eigenvalue weighted by molar-refractivity contribution is -0.384. The summed E-state index contributed by atoms with van der Waals surface area (Å²) in [6.07, 6.45) is 0. The van der Waals surface area contributed by atoms with Crippen LogP contribution >= 0.6 is 23.2 Å². The molecule has 0 radical (unpaired) electrons. The molecule has 2 N–H and O–H groups in total. The van der Waals surface area contributed by atoms with Gasteiger partial charge in [0.15, 0.2) is 0 Å². The molecular formula is C13H10Cl2N2O3. The molecule has 0 fully saturated rings. The number of nitrogens with two attached hydrogens (primary N) is 1. The van der Waals surface area contributed by atoms with Gasteiger partial charge < -0.3 is 10.5 Å². The van der Waals surface area contributed by atoms with Crippen molar-refractivity contribution in [1.82, 2.24) is 0 Å². The molecule has 0 aromatic heterocycles. The molecule has 7 heteroatoms. The summed E-state index contributed by atoms with van der Waals surface area (Å²) >= 11 is 11.8. The van der Waals surface area contributed by atoms with E-state index in [9.17, 15) is 10.1 Å². The number of nitro benzene ring substituents is 1. The molecule has 0 aliphatic heterocycles. The van der Waals surface area contributed by atoms with Crippen molar-refractivity contribution < 1.29 is 9.66 Å². The third-order valence-electron chi connectivity index (χ3n) is 2.59. The lowest BCUT2D eigenvalue weighted by atomic mass is 10.2. The Labute approximate surface area is 125 Å². The van der Waals surface area contributed by atoms with Gasteiger partial charge >= 0.3 is 0 Å². The SMILES string of the molecule is NCc1cc(Cl)ccc1Oc1ccc([N+](=O)[O-])cc1Cl. The Balaban J connectivity index is 2.33. The molecule has 0 saturated heterocycles. The molecule has 0 unspecified atom stereocenters. The lowest BCUT2D eigenvalue weighted by Crippen LogP contribution is -1.99. The summed E-state index contributed by atoms with van der Waals surface area (Å²) in [5.41, 5.74) is 6.23. The van der Waals surface area contributed by atoms with Gasteiger partial charge in [0.05, 0.1) is 9.95 Å². The quantitative estimate of drug-likeness (QED) is 0.679. The molecule has 0 saturated carbocycles. The van der Waals surface area contributed by atoms with Crippen LogP contribution in [0.5, 0.6) is 11.5 Å². The predicted molar refractivity (Wildman–Crippen MR) is 77.5 cm³/mol. The molecule has 5 nitrogen and oxygen atoms in total. The number of ether oxygens (including phenoxy) is 1. The number of rotatable bonds is 4. The molecule has 104 valence electrons. The van der Waals surface area contributed by atoms with Gasteiger partial charge in [-0.25, -0.2) is 0 Å². The van der Waals surface area contributed by atoms with E-state index in [4.69, 9.17) is 33.7 Å². The third kappa shape index (κ3) is 3.19. The Hall–Kier alpha value is -1.82. The van der Waals surface area contributed by atoms with Crippen LogP contribution in [0.2, 0.25) is 10.0 Å². The molecule has 0 bridgehead atoms. The van der Waals surface area contributed by atoms with E-state index in [-0.39, 0.29) is 17.3 Å². The van der Waals surface area contributed by atoms with Gasteiger partial charge in [0.2, 0.25) is 0 Å². The fraction of sp³-hybridized carbons (Fsp3) is 0.0769. The normalized spacial score (nSPS) is 10.3. The second-order valence-corrected chi connectivity index (χ2v) is 4.77. The summed E-state index contributed by atoms with van der Waals surface area (Å²) in [6.45, 7) is 0.250. The van der Waals surface area contributed by atoms with Gasteiger partial charge in [-0.1, -0.05) is 23.2 Å². The summed E-state index contributed by atoms with van der Waals surface area (Å²) in [7, 11) is 0. The molecule has 0 aliphatic carbocycles. The number of nitro groups is 1. The van der Waals surface area contributed by atoms with E-state index in [1.165, 1.54) is 18.2 Å². The first-order valence-electron chi connectivity index (χ1n) is 5.61. The Morgan fingerprint density at radius 3 is 2.45 bits per heavy atom. The highest BCUT2D eigenvalue weighted by molar-refractivity contribution is 6.32. The number of nitrogens with zero attached hydrogens (tertiary/aromatic N) is 1. The van der Waals surface area contributed by atoms with Crippen LogP contribution in [0.25, 0.3) is 0 Å². The first-order valence-corrected chi connectivity index (χ1v) is 6.37. The summed E-state index contributed by atoms with van der Waals surface area (Å²) in [4.78, 5) is 10.1. The van der Waals surface area contributed by atoms with Crippen LogP contribution < -0.4 is 10.5 Å². The summed E-state index contributed by atoms with van der Waals surface area (Å²) in [5.74, 6) is 0.821. The topological polar surface area (TPSA) is 78.4 Å². The van der Waals surface area contributed by atoms with Crippen LogP contribution in [0.15, 0.2) is 36.4 Å². The highest BCUT2D eigenvalue weighted by Gasteiger charge is 2.12. The fourth-order valence-corrected chi connectivity index (χ4v) is 2.02. The van der Waals surface area contributed by atoms with E-state index in [1.807, 2.05) is 0 Å². The maximum Gasteiger partial charge on any atom is 0.271 e. The summed E-state index contributed by atoms with van der Waals surface area (Å²) in [6, 6.07) is 9.01. The van der Waals surface area contributed by atoms with Crippen molar-refractivity contribution in [2.24, 2.45) is 5.73 Å². The Bertz CT molecular complexity index is 662. The zero-order chi connectivity index (χ0) is 14.7. The average Bonchev–Trinajstić information content (AvgIpc) is 2.42. The molecule has 2 aromatic carbocycles. The number of hydrogen-bond acceptors (Lipinski definition) is 4. The highest BCUT2D eigenvalue weighted by Crippen LogP contribution is 2.34. The molecule has 0 amide bonds. The number of hydrogen-bond donors (Lipinski definition) is 1. The van der Waals surface area contributed by atoms with Crippen LogP contribution in [-0.2, 0) is 6.54 Å². The van der Waals surface area contributed by atoms with Crippen LogP contribution in [0, 0.1) is 10.1 Å². The maximum absolute atomic E-state index is 10.6. The minimum atomic E-state index is -0.525. The van der Waals surface area contributed by atoms with Gasteiger partial charge in [-0.3, -0.25) is 10.1 Å². The van der Waals surface area contributed by atoms with E-state index in [0.717, 1.165) is 0 Å². The Morgan fingerprint density at radius 1 is 1.15 bits per heavy atom. The molecule has 0 heterocycles. The third-order valence-corrected chi connectivity index (χ3v) is 3.12. The predicted octanol–water partition coefficient (Wildman–Crippen LogP) is 4.15. The molecule has 20 heavy (non-hydrogen) atoms. The van der Waals surface area contributed by atoms with E-state index in [2.05, 4.69) is 0 Å². The van der Waals surface area contributed by atoms with Gasteiger partial charge in [-0.2, -0.15) is 0 Å². The molecular weight excluding hydrogens is 303 g/mol.